The van der Waals surface area contributed by atoms with E-state index in [0.29, 0.717) is 5.75 Å². The van der Waals surface area contributed by atoms with E-state index in [0.717, 1.165) is 25.0 Å². The second-order valence-corrected chi connectivity index (χ2v) is 3.99. The molecule has 0 aliphatic heterocycles. The Morgan fingerprint density at radius 2 is 2.00 bits per heavy atom. The van der Waals surface area contributed by atoms with Crippen molar-refractivity contribution < 1.29 is 14.3 Å². The van der Waals surface area contributed by atoms with E-state index in [-0.39, 0.29) is 12.6 Å². The minimum Gasteiger partial charge on any atom is -0.487 e. The topological polar surface area (TPSA) is 35.5 Å². The highest BCUT2D eigenvalue weighted by atomic mass is 16.6. The van der Waals surface area contributed by atoms with Crippen LogP contribution in [0.2, 0.25) is 0 Å². The Bertz CT molecular complexity index is 395. The third-order valence-electron chi connectivity index (χ3n) is 2.60. The van der Waals surface area contributed by atoms with Crippen LogP contribution in [0.3, 0.4) is 0 Å². The van der Waals surface area contributed by atoms with E-state index in [1.54, 1.807) is 12.1 Å². The standard InChI is InChI=1S/C14H16O3/c15-14(17-13-9-5-2-6-10-13)11-16-12-7-3-1-4-8-12/h2,5-7,9-10H,1,3-4,8,11H2. The molecular formula is C14H16O3. The number of carbonyl (C=O) groups excluding carboxylic acids is 1. The first-order valence-corrected chi connectivity index (χ1v) is 5.92. The zero-order valence-corrected chi connectivity index (χ0v) is 9.72. The molecule has 2 rings (SSSR count). The van der Waals surface area contributed by atoms with E-state index in [9.17, 15) is 4.79 Å². The van der Waals surface area contributed by atoms with E-state index in [2.05, 4.69) is 6.08 Å². The summed E-state index contributed by atoms with van der Waals surface area (Å²) in [6.07, 6.45) is 6.38. The van der Waals surface area contributed by atoms with Crippen molar-refractivity contribution in [1.82, 2.24) is 0 Å². The lowest BCUT2D eigenvalue weighted by atomic mass is 10.1. The first-order valence-electron chi connectivity index (χ1n) is 5.92. The number of hydrogen-bond donors (Lipinski definition) is 0. The van der Waals surface area contributed by atoms with Gasteiger partial charge in [-0.2, -0.15) is 0 Å². The summed E-state index contributed by atoms with van der Waals surface area (Å²) in [5.41, 5.74) is 0. The Morgan fingerprint density at radius 3 is 2.71 bits per heavy atom. The van der Waals surface area contributed by atoms with Crippen LogP contribution in [0.5, 0.6) is 5.75 Å². The highest BCUT2D eigenvalue weighted by Gasteiger charge is 2.09. The van der Waals surface area contributed by atoms with Crippen LogP contribution in [-0.4, -0.2) is 12.6 Å². The Balaban J connectivity index is 1.76. The molecule has 0 heterocycles. The molecule has 17 heavy (non-hydrogen) atoms. The molecule has 1 aliphatic carbocycles. The van der Waals surface area contributed by atoms with Crippen molar-refractivity contribution in [1.29, 1.82) is 0 Å². The quantitative estimate of drug-likeness (QED) is 0.591. The molecule has 0 saturated carbocycles. The SMILES string of the molecule is O=C(COC1=CCCCC1)Oc1ccccc1. The summed E-state index contributed by atoms with van der Waals surface area (Å²) in [4.78, 5) is 11.5. The van der Waals surface area contributed by atoms with Crippen molar-refractivity contribution >= 4 is 5.97 Å². The molecule has 1 aliphatic rings. The molecule has 3 heteroatoms. The summed E-state index contributed by atoms with van der Waals surface area (Å²) >= 11 is 0. The summed E-state index contributed by atoms with van der Waals surface area (Å²) in [6.45, 7) is -0.0132. The molecule has 0 N–H and O–H groups in total. The number of ether oxygens (including phenoxy) is 2. The number of hydrogen-bond acceptors (Lipinski definition) is 3. The molecule has 1 aromatic rings. The van der Waals surface area contributed by atoms with Gasteiger partial charge in [-0.1, -0.05) is 18.2 Å². The number of carbonyl (C=O) groups is 1. The summed E-state index contributed by atoms with van der Waals surface area (Å²) in [5.74, 6) is 1.11. The molecule has 0 bridgehead atoms. The minimum atomic E-state index is -0.359. The summed E-state index contributed by atoms with van der Waals surface area (Å²) < 4.78 is 10.5. The Hall–Kier alpha value is -1.77. The fourth-order valence-corrected chi connectivity index (χ4v) is 1.74. The fraction of sp³-hybridized carbons (Fsp3) is 0.357. The molecule has 3 nitrogen and oxygen atoms in total. The van der Waals surface area contributed by atoms with E-state index in [1.807, 2.05) is 18.2 Å². The van der Waals surface area contributed by atoms with Crippen molar-refractivity contribution in [3.63, 3.8) is 0 Å². The Kier molecular flexibility index (Phi) is 4.19. The molecule has 0 fully saturated rings. The first-order chi connectivity index (χ1) is 8.34. The molecular weight excluding hydrogens is 216 g/mol. The second kappa shape index (κ2) is 6.09. The summed E-state index contributed by atoms with van der Waals surface area (Å²) in [5, 5.41) is 0. The zero-order valence-electron chi connectivity index (χ0n) is 9.72. The average Bonchev–Trinajstić information content (AvgIpc) is 2.39. The monoisotopic (exact) mass is 232 g/mol. The Labute approximate surface area is 101 Å². The van der Waals surface area contributed by atoms with Gasteiger partial charge >= 0.3 is 5.97 Å². The second-order valence-electron chi connectivity index (χ2n) is 3.99. The summed E-state index contributed by atoms with van der Waals surface area (Å²) in [6, 6.07) is 9.02. The minimum absolute atomic E-state index is 0.0132. The Morgan fingerprint density at radius 1 is 1.18 bits per heavy atom. The van der Waals surface area contributed by atoms with Gasteiger partial charge in [0.15, 0.2) is 6.61 Å². The third kappa shape index (κ3) is 3.94. The number of esters is 1. The zero-order chi connectivity index (χ0) is 11.9. The van der Waals surface area contributed by atoms with Gasteiger partial charge in [0.2, 0.25) is 0 Å². The van der Waals surface area contributed by atoms with Gasteiger partial charge in [0.1, 0.15) is 5.75 Å². The van der Waals surface area contributed by atoms with Crippen LogP contribution in [0, 0.1) is 0 Å². The van der Waals surface area contributed by atoms with Gasteiger partial charge in [-0.05, 0) is 37.5 Å². The van der Waals surface area contributed by atoms with E-state index in [1.165, 1.54) is 6.42 Å². The number of allylic oxidation sites excluding steroid dienone is 2. The highest BCUT2D eigenvalue weighted by molar-refractivity contribution is 5.73. The van der Waals surface area contributed by atoms with Crippen molar-refractivity contribution in [2.45, 2.75) is 25.7 Å². The van der Waals surface area contributed by atoms with Gasteiger partial charge < -0.3 is 9.47 Å². The molecule has 1 aromatic carbocycles. The van der Waals surface area contributed by atoms with E-state index in [4.69, 9.17) is 9.47 Å². The normalized spacial score (nSPS) is 14.9. The van der Waals surface area contributed by atoms with Gasteiger partial charge in [-0.15, -0.1) is 0 Å². The molecule has 0 saturated heterocycles. The number of rotatable bonds is 4. The van der Waals surface area contributed by atoms with Crippen LogP contribution >= 0.6 is 0 Å². The smallest absolute Gasteiger partial charge is 0.349 e. The summed E-state index contributed by atoms with van der Waals surface area (Å²) in [7, 11) is 0. The van der Waals surface area contributed by atoms with E-state index < -0.39 is 0 Å². The largest absolute Gasteiger partial charge is 0.487 e. The van der Waals surface area contributed by atoms with Crippen LogP contribution in [0.4, 0.5) is 0 Å². The average molecular weight is 232 g/mol. The maximum absolute atomic E-state index is 11.5. The highest BCUT2D eigenvalue weighted by Crippen LogP contribution is 2.18. The van der Waals surface area contributed by atoms with Gasteiger partial charge in [0, 0.05) is 6.42 Å². The van der Waals surface area contributed by atoms with Crippen LogP contribution in [0.1, 0.15) is 25.7 Å². The fourth-order valence-electron chi connectivity index (χ4n) is 1.74. The van der Waals surface area contributed by atoms with Crippen molar-refractivity contribution in [3.05, 3.63) is 42.2 Å². The lowest BCUT2D eigenvalue weighted by molar-refractivity contribution is -0.138. The molecule has 0 radical (unpaired) electrons. The lowest BCUT2D eigenvalue weighted by Gasteiger charge is -2.13. The predicted octanol–water partition coefficient (Wildman–Crippen LogP) is 3.07. The van der Waals surface area contributed by atoms with Crippen molar-refractivity contribution in [2.75, 3.05) is 6.61 Å². The molecule has 0 aromatic heterocycles. The van der Waals surface area contributed by atoms with Crippen molar-refractivity contribution in [2.24, 2.45) is 0 Å². The maximum Gasteiger partial charge on any atom is 0.349 e. The van der Waals surface area contributed by atoms with Crippen LogP contribution in [0.15, 0.2) is 42.2 Å². The van der Waals surface area contributed by atoms with Gasteiger partial charge in [0.25, 0.3) is 0 Å². The van der Waals surface area contributed by atoms with Crippen LogP contribution in [0.25, 0.3) is 0 Å². The van der Waals surface area contributed by atoms with Gasteiger partial charge in [0.05, 0.1) is 5.76 Å². The van der Waals surface area contributed by atoms with Crippen molar-refractivity contribution in [3.8, 4) is 5.75 Å². The van der Waals surface area contributed by atoms with Gasteiger partial charge in [-0.3, -0.25) is 0 Å². The lowest BCUT2D eigenvalue weighted by Crippen LogP contribution is -2.15. The number of benzene rings is 1. The van der Waals surface area contributed by atoms with Gasteiger partial charge in [-0.25, -0.2) is 4.79 Å². The van der Waals surface area contributed by atoms with E-state index >= 15 is 0 Å². The number of para-hydroxylation sites is 1. The van der Waals surface area contributed by atoms with Crippen LogP contribution in [-0.2, 0) is 9.53 Å². The van der Waals surface area contributed by atoms with Crippen LogP contribution < -0.4 is 4.74 Å². The molecule has 0 atom stereocenters. The predicted molar refractivity (Wildman–Crippen MR) is 64.6 cm³/mol. The molecule has 0 amide bonds. The molecule has 90 valence electrons. The molecule has 0 spiro atoms. The first kappa shape index (κ1) is 11.7. The maximum atomic E-state index is 11.5. The molecule has 0 unspecified atom stereocenters. The third-order valence-corrected chi connectivity index (χ3v) is 2.60.